The highest BCUT2D eigenvalue weighted by Crippen LogP contribution is 2.02. The normalized spacial score (nSPS) is 14.7. The summed E-state index contributed by atoms with van der Waals surface area (Å²) in [6.07, 6.45) is 2.00. The molecule has 0 bridgehead atoms. The first-order chi connectivity index (χ1) is 7.13. The number of carbonyl (C=O) groups is 1. The van der Waals surface area contributed by atoms with Crippen molar-refractivity contribution >= 4 is 5.97 Å². The number of aliphatic hydroxyl groups excluding tert-OH is 1. The van der Waals surface area contributed by atoms with Crippen molar-refractivity contribution in [2.75, 3.05) is 13.2 Å². The molecule has 5 N–H and O–H groups in total. The Bertz CT molecular complexity index is 176. The summed E-state index contributed by atoms with van der Waals surface area (Å²) in [4.78, 5) is 11.3. The zero-order chi connectivity index (χ0) is 11.7. The molecular formula is C10H22N2O3. The summed E-state index contributed by atoms with van der Waals surface area (Å²) in [6.45, 7) is 2.85. The van der Waals surface area contributed by atoms with E-state index < -0.39 is 18.1 Å². The second kappa shape index (κ2) is 8.64. The van der Waals surface area contributed by atoms with E-state index in [1.54, 1.807) is 0 Å². The summed E-state index contributed by atoms with van der Waals surface area (Å²) in [6, 6.07) is -0.951. The van der Waals surface area contributed by atoms with Crippen molar-refractivity contribution in [3.05, 3.63) is 0 Å². The van der Waals surface area contributed by atoms with Crippen LogP contribution in [0.5, 0.6) is 0 Å². The van der Waals surface area contributed by atoms with Crippen LogP contribution in [0.3, 0.4) is 0 Å². The number of unbranched alkanes of at least 4 members (excludes halogenated alkanes) is 1. The summed E-state index contributed by atoms with van der Waals surface area (Å²) in [5.41, 5.74) is 10.8. The molecule has 0 amide bonds. The van der Waals surface area contributed by atoms with Crippen LogP contribution in [0.1, 0.15) is 32.6 Å². The molecule has 5 heteroatoms. The number of carbonyl (C=O) groups excluding carboxylic acids is 1. The number of nitrogens with two attached hydrogens (primary N) is 2. The van der Waals surface area contributed by atoms with Crippen molar-refractivity contribution in [3.63, 3.8) is 0 Å². The monoisotopic (exact) mass is 218 g/mol. The minimum atomic E-state index is -0.951. The van der Waals surface area contributed by atoms with E-state index in [1.165, 1.54) is 0 Å². The number of aliphatic hydroxyl groups is 1. The quantitative estimate of drug-likeness (QED) is 0.385. The molecule has 0 saturated carbocycles. The van der Waals surface area contributed by atoms with Crippen LogP contribution in [0.2, 0.25) is 0 Å². The summed E-state index contributed by atoms with van der Waals surface area (Å²) < 4.78 is 4.89. The number of hydrogen-bond donors (Lipinski definition) is 3. The molecule has 0 radical (unpaired) electrons. The standard InChI is InChI=1S/C10H22N2O3/c1-2-3-7-15-10(14)9(12)8(13)5-4-6-11/h8-9,13H,2-7,11-12H2,1H3. The van der Waals surface area contributed by atoms with Gasteiger partial charge < -0.3 is 21.3 Å². The van der Waals surface area contributed by atoms with E-state index in [4.69, 9.17) is 16.2 Å². The maximum atomic E-state index is 11.3. The van der Waals surface area contributed by atoms with E-state index in [0.717, 1.165) is 12.8 Å². The van der Waals surface area contributed by atoms with E-state index in [-0.39, 0.29) is 0 Å². The molecule has 0 rings (SSSR count). The average molecular weight is 218 g/mol. The minimum Gasteiger partial charge on any atom is -0.464 e. The maximum Gasteiger partial charge on any atom is 0.325 e. The van der Waals surface area contributed by atoms with Crippen LogP contribution in [0.15, 0.2) is 0 Å². The third kappa shape index (κ3) is 6.43. The fourth-order valence-corrected chi connectivity index (χ4v) is 1.08. The van der Waals surface area contributed by atoms with Crippen LogP contribution in [-0.4, -0.2) is 36.4 Å². The van der Waals surface area contributed by atoms with E-state index in [2.05, 4.69) is 0 Å². The van der Waals surface area contributed by atoms with Gasteiger partial charge in [0.1, 0.15) is 6.04 Å². The molecule has 0 aliphatic heterocycles. The Morgan fingerprint density at radius 1 is 1.47 bits per heavy atom. The lowest BCUT2D eigenvalue weighted by atomic mass is 10.1. The topological polar surface area (TPSA) is 98.6 Å². The molecular weight excluding hydrogens is 196 g/mol. The zero-order valence-electron chi connectivity index (χ0n) is 9.32. The Morgan fingerprint density at radius 2 is 2.13 bits per heavy atom. The van der Waals surface area contributed by atoms with Gasteiger partial charge in [-0.3, -0.25) is 4.79 Å². The van der Waals surface area contributed by atoms with Crippen LogP contribution in [0.4, 0.5) is 0 Å². The molecule has 15 heavy (non-hydrogen) atoms. The first-order valence-electron chi connectivity index (χ1n) is 5.43. The lowest BCUT2D eigenvalue weighted by molar-refractivity contribution is -0.148. The van der Waals surface area contributed by atoms with Crippen molar-refractivity contribution in [3.8, 4) is 0 Å². The molecule has 0 fully saturated rings. The predicted octanol–water partition coefficient (Wildman–Crippen LogP) is -0.243. The fourth-order valence-electron chi connectivity index (χ4n) is 1.08. The van der Waals surface area contributed by atoms with Crippen LogP contribution < -0.4 is 11.5 Å². The summed E-state index contributed by atoms with van der Waals surface area (Å²) in [5, 5.41) is 9.49. The second-order valence-corrected chi connectivity index (χ2v) is 3.55. The van der Waals surface area contributed by atoms with Gasteiger partial charge in [-0.15, -0.1) is 0 Å². The van der Waals surface area contributed by atoms with Crippen molar-refractivity contribution in [1.29, 1.82) is 0 Å². The Morgan fingerprint density at radius 3 is 2.67 bits per heavy atom. The fraction of sp³-hybridized carbons (Fsp3) is 0.900. The smallest absolute Gasteiger partial charge is 0.325 e. The van der Waals surface area contributed by atoms with Gasteiger partial charge in [0.2, 0.25) is 0 Å². The van der Waals surface area contributed by atoms with Gasteiger partial charge in [-0.05, 0) is 25.8 Å². The van der Waals surface area contributed by atoms with Crippen molar-refractivity contribution in [1.82, 2.24) is 0 Å². The first kappa shape index (κ1) is 14.3. The van der Waals surface area contributed by atoms with Crippen molar-refractivity contribution in [2.45, 2.75) is 44.8 Å². The van der Waals surface area contributed by atoms with Crippen molar-refractivity contribution in [2.24, 2.45) is 11.5 Å². The van der Waals surface area contributed by atoms with E-state index in [0.29, 0.717) is 26.0 Å². The predicted molar refractivity (Wildman–Crippen MR) is 58.1 cm³/mol. The molecule has 0 spiro atoms. The van der Waals surface area contributed by atoms with Gasteiger partial charge in [-0.2, -0.15) is 0 Å². The van der Waals surface area contributed by atoms with Gasteiger partial charge >= 0.3 is 5.97 Å². The van der Waals surface area contributed by atoms with Crippen LogP contribution in [0, 0.1) is 0 Å². The van der Waals surface area contributed by atoms with Gasteiger partial charge in [0.25, 0.3) is 0 Å². The molecule has 0 saturated heterocycles. The molecule has 0 aromatic carbocycles. The highest BCUT2D eigenvalue weighted by molar-refractivity contribution is 5.76. The van der Waals surface area contributed by atoms with E-state index in [1.807, 2.05) is 6.92 Å². The molecule has 0 aliphatic carbocycles. The van der Waals surface area contributed by atoms with Gasteiger partial charge in [-0.1, -0.05) is 13.3 Å². The van der Waals surface area contributed by atoms with Crippen molar-refractivity contribution < 1.29 is 14.6 Å². The van der Waals surface area contributed by atoms with Gasteiger partial charge in [0.05, 0.1) is 12.7 Å². The third-order valence-electron chi connectivity index (χ3n) is 2.13. The van der Waals surface area contributed by atoms with E-state index in [9.17, 15) is 9.90 Å². The van der Waals surface area contributed by atoms with Gasteiger partial charge in [0, 0.05) is 0 Å². The molecule has 0 aromatic rings. The average Bonchev–Trinajstić information content (AvgIpc) is 2.24. The largest absolute Gasteiger partial charge is 0.464 e. The molecule has 90 valence electrons. The maximum absolute atomic E-state index is 11.3. The highest BCUT2D eigenvalue weighted by Gasteiger charge is 2.23. The lowest BCUT2D eigenvalue weighted by Crippen LogP contribution is -2.43. The molecule has 0 heterocycles. The first-order valence-corrected chi connectivity index (χ1v) is 5.43. The number of hydrogen-bond acceptors (Lipinski definition) is 5. The molecule has 0 aromatic heterocycles. The molecule has 0 aliphatic rings. The van der Waals surface area contributed by atoms with Crippen LogP contribution in [0.25, 0.3) is 0 Å². The molecule has 2 atom stereocenters. The molecule has 2 unspecified atom stereocenters. The summed E-state index contributed by atoms with van der Waals surface area (Å²) in [7, 11) is 0. The summed E-state index contributed by atoms with van der Waals surface area (Å²) in [5.74, 6) is -0.534. The third-order valence-corrected chi connectivity index (χ3v) is 2.13. The Hall–Kier alpha value is -0.650. The van der Waals surface area contributed by atoms with Gasteiger partial charge in [-0.25, -0.2) is 0 Å². The number of esters is 1. The SMILES string of the molecule is CCCCOC(=O)C(N)C(O)CCCN. The number of rotatable bonds is 8. The van der Waals surface area contributed by atoms with Crippen LogP contribution >= 0.6 is 0 Å². The summed E-state index contributed by atoms with van der Waals surface area (Å²) >= 11 is 0. The minimum absolute atomic E-state index is 0.368. The van der Waals surface area contributed by atoms with Gasteiger partial charge in [0.15, 0.2) is 0 Å². The van der Waals surface area contributed by atoms with E-state index >= 15 is 0 Å². The Kier molecular flexibility index (Phi) is 8.27. The Balaban J connectivity index is 3.75. The highest BCUT2D eigenvalue weighted by atomic mass is 16.5. The van der Waals surface area contributed by atoms with Crippen LogP contribution in [-0.2, 0) is 9.53 Å². The zero-order valence-corrected chi connectivity index (χ0v) is 9.32. The lowest BCUT2D eigenvalue weighted by Gasteiger charge is -2.17. The Labute approximate surface area is 90.8 Å². The number of ether oxygens (including phenoxy) is 1. The second-order valence-electron chi connectivity index (χ2n) is 3.55. The molecule has 5 nitrogen and oxygen atoms in total.